The van der Waals surface area contributed by atoms with Crippen LogP contribution in [-0.4, -0.2) is 71.3 Å². The van der Waals surface area contributed by atoms with Crippen LogP contribution in [0.4, 0.5) is 11.8 Å². The van der Waals surface area contributed by atoms with E-state index in [0.717, 1.165) is 57.1 Å². The van der Waals surface area contributed by atoms with E-state index in [-0.39, 0.29) is 0 Å². The first-order chi connectivity index (χ1) is 10.4. The molecule has 0 saturated carbocycles. The molecule has 1 saturated heterocycles. The molecule has 21 heavy (non-hydrogen) atoms. The lowest BCUT2D eigenvalue weighted by atomic mass is 10.3. The first-order valence-corrected chi connectivity index (χ1v) is 7.29. The van der Waals surface area contributed by atoms with Crippen molar-refractivity contribution in [3.05, 3.63) is 6.33 Å². The Morgan fingerprint density at radius 3 is 3.00 bits per heavy atom. The lowest BCUT2D eigenvalue weighted by molar-refractivity contribution is 0.0378. The van der Waals surface area contributed by atoms with Crippen molar-refractivity contribution in [2.75, 3.05) is 57.1 Å². The predicted octanol–water partition coefficient (Wildman–Crippen LogP) is 0.529. The van der Waals surface area contributed by atoms with E-state index in [2.05, 4.69) is 35.5 Å². The minimum absolute atomic E-state index is 0.574. The molecule has 2 aromatic rings. The molecular weight excluding hydrogens is 270 g/mol. The number of aromatic nitrogens is 4. The normalized spacial score (nSPS) is 16.2. The van der Waals surface area contributed by atoms with E-state index in [1.165, 1.54) is 0 Å². The maximum Gasteiger partial charge on any atom is 0.226 e. The van der Waals surface area contributed by atoms with E-state index in [4.69, 9.17) is 4.74 Å². The summed E-state index contributed by atoms with van der Waals surface area (Å²) in [5.41, 5.74) is 1.52. The molecule has 114 valence electrons. The van der Waals surface area contributed by atoms with Gasteiger partial charge in [0.15, 0.2) is 11.5 Å². The number of anilines is 2. The van der Waals surface area contributed by atoms with Crippen LogP contribution in [0.5, 0.6) is 0 Å². The van der Waals surface area contributed by atoms with Gasteiger partial charge in [-0.25, -0.2) is 4.98 Å². The highest BCUT2D eigenvalue weighted by molar-refractivity contribution is 5.83. The molecule has 1 aliphatic rings. The number of fused-ring (bicyclic) bond motifs is 1. The summed E-state index contributed by atoms with van der Waals surface area (Å²) in [6, 6.07) is 0. The number of hydrogen-bond acceptors (Lipinski definition) is 7. The lowest BCUT2D eigenvalue weighted by Crippen LogP contribution is -2.37. The SMILES string of the molecule is CNc1nc(NCCCN2CCOCC2)c2[nH]cnc2n1. The summed E-state index contributed by atoms with van der Waals surface area (Å²) in [4.78, 5) is 18.4. The highest BCUT2D eigenvalue weighted by atomic mass is 16.5. The van der Waals surface area contributed by atoms with Crippen molar-refractivity contribution in [1.29, 1.82) is 0 Å². The van der Waals surface area contributed by atoms with E-state index in [1.54, 1.807) is 13.4 Å². The Morgan fingerprint density at radius 2 is 2.19 bits per heavy atom. The molecule has 0 amide bonds. The first-order valence-electron chi connectivity index (χ1n) is 7.29. The Hall–Kier alpha value is -1.93. The number of imidazole rings is 1. The second kappa shape index (κ2) is 6.68. The van der Waals surface area contributed by atoms with Gasteiger partial charge in [-0.05, 0) is 13.0 Å². The molecule has 3 N–H and O–H groups in total. The Labute approximate surface area is 123 Å². The highest BCUT2D eigenvalue weighted by Crippen LogP contribution is 2.18. The monoisotopic (exact) mass is 291 g/mol. The molecule has 0 aliphatic carbocycles. The van der Waals surface area contributed by atoms with Crippen molar-refractivity contribution in [3.63, 3.8) is 0 Å². The minimum atomic E-state index is 0.574. The molecule has 1 fully saturated rings. The van der Waals surface area contributed by atoms with E-state index >= 15 is 0 Å². The van der Waals surface area contributed by atoms with E-state index in [0.29, 0.717) is 11.6 Å². The molecule has 0 aromatic carbocycles. The number of aromatic amines is 1. The Kier molecular flexibility index (Phi) is 4.46. The van der Waals surface area contributed by atoms with Crippen molar-refractivity contribution in [1.82, 2.24) is 24.8 Å². The van der Waals surface area contributed by atoms with Gasteiger partial charge in [0.05, 0.1) is 19.5 Å². The number of morpholine rings is 1. The van der Waals surface area contributed by atoms with Gasteiger partial charge in [-0.15, -0.1) is 0 Å². The van der Waals surface area contributed by atoms with Gasteiger partial charge in [-0.1, -0.05) is 0 Å². The summed E-state index contributed by atoms with van der Waals surface area (Å²) in [6.45, 7) is 5.70. The molecule has 8 nitrogen and oxygen atoms in total. The Balaban J connectivity index is 1.55. The fourth-order valence-electron chi connectivity index (χ4n) is 2.41. The summed E-state index contributed by atoms with van der Waals surface area (Å²) in [5, 5.41) is 6.32. The third kappa shape index (κ3) is 3.40. The van der Waals surface area contributed by atoms with Crippen LogP contribution in [0, 0.1) is 0 Å². The number of H-pyrrole nitrogens is 1. The van der Waals surface area contributed by atoms with E-state index < -0.39 is 0 Å². The van der Waals surface area contributed by atoms with Gasteiger partial charge >= 0.3 is 0 Å². The van der Waals surface area contributed by atoms with Gasteiger partial charge < -0.3 is 20.4 Å². The van der Waals surface area contributed by atoms with Crippen molar-refractivity contribution in [2.45, 2.75) is 6.42 Å². The third-order valence-corrected chi connectivity index (χ3v) is 3.56. The lowest BCUT2D eigenvalue weighted by Gasteiger charge is -2.26. The van der Waals surface area contributed by atoms with Gasteiger partial charge in [0.2, 0.25) is 5.95 Å². The van der Waals surface area contributed by atoms with E-state index in [1.807, 2.05) is 0 Å². The maximum absolute atomic E-state index is 5.35. The fourth-order valence-corrected chi connectivity index (χ4v) is 2.41. The molecular formula is C13H21N7O. The molecule has 0 atom stereocenters. The van der Waals surface area contributed by atoms with Gasteiger partial charge in [-0.2, -0.15) is 9.97 Å². The molecule has 0 radical (unpaired) electrons. The number of nitrogens with one attached hydrogen (secondary N) is 3. The molecule has 8 heteroatoms. The van der Waals surface area contributed by atoms with Crippen LogP contribution in [-0.2, 0) is 4.74 Å². The van der Waals surface area contributed by atoms with Crippen LogP contribution < -0.4 is 10.6 Å². The largest absolute Gasteiger partial charge is 0.379 e. The average molecular weight is 291 g/mol. The van der Waals surface area contributed by atoms with Crippen molar-refractivity contribution in [3.8, 4) is 0 Å². The minimum Gasteiger partial charge on any atom is -0.379 e. The third-order valence-electron chi connectivity index (χ3n) is 3.56. The van der Waals surface area contributed by atoms with Crippen LogP contribution in [0.15, 0.2) is 6.33 Å². The van der Waals surface area contributed by atoms with Crippen LogP contribution in [0.3, 0.4) is 0 Å². The number of ether oxygens (including phenoxy) is 1. The highest BCUT2D eigenvalue weighted by Gasteiger charge is 2.11. The molecule has 0 spiro atoms. The van der Waals surface area contributed by atoms with Crippen LogP contribution >= 0.6 is 0 Å². The van der Waals surface area contributed by atoms with Crippen molar-refractivity contribution in [2.24, 2.45) is 0 Å². The average Bonchev–Trinajstić information content (AvgIpc) is 3.00. The topological polar surface area (TPSA) is 91.0 Å². The number of rotatable bonds is 6. The van der Waals surface area contributed by atoms with Crippen molar-refractivity contribution >= 4 is 22.9 Å². The summed E-state index contributed by atoms with van der Waals surface area (Å²) < 4.78 is 5.35. The molecule has 0 unspecified atom stereocenters. The summed E-state index contributed by atoms with van der Waals surface area (Å²) in [7, 11) is 1.80. The second-order valence-corrected chi connectivity index (χ2v) is 4.98. The van der Waals surface area contributed by atoms with Crippen LogP contribution in [0.25, 0.3) is 11.2 Å². The zero-order chi connectivity index (χ0) is 14.5. The Morgan fingerprint density at radius 1 is 1.33 bits per heavy atom. The molecule has 2 aromatic heterocycles. The second-order valence-electron chi connectivity index (χ2n) is 4.98. The Bertz CT molecular complexity index is 579. The van der Waals surface area contributed by atoms with Gasteiger partial charge in [0.1, 0.15) is 5.52 Å². The summed E-state index contributed by atoms with van der Waals surface area (Å²) in [5.74, 6) is 1.37. The van der Waals surface area contributed by atoms with Gasteiger partial charge in [0, 0.05) is 26.7 Å². The van der Waals surface area contributed by atoms with Gasteiger partial charge in [0.25, 0.3) is 0 Å². The van der Waals surface area contributed by atoms with E-state index in [9.17, 15) is 0 Å². The zero-order valence-electron chi connectivity index (χ0n) is 12.2. The molecule has 0 bridgehead atoms. The smallest absolute Gasteiger partial charge is 0.226 e. The fraction of sp³-hybridized carbons (Fsp3) is 0.615. The standard InChI is InChI=1S/C13H21N7O/c1-14-13-18-11(10-12(19-13)17-9-16-10)15-3-2-4-20-5-7-21-8-6-20/h9H,2-8H2,1H3,(H3,14,15,16,17,18,19). The van der Waals surface area contributed by atoms with Crippen LogP contribution in [0.2, 0.25) is 0 Å². The molecule has 1 aliphatic heterocycles. The summed E-state index contributed by atoms with van der Waals surface area (Å²) >= 11 is 0. The molecule has 3 rings (SSSR count). The summed E-state index contributed by atoms with van der Waals surface area (Å²) in [6.07, 6.45) is 2.70. The predicted molar refractivity (Wildman–Crippen MR) is 81.6 cm³/mol. The number of hydrogen-bond donors (Lipinski definition) is 3. The van der Waals surface area contributed by atoms with Crippen LogP contribution in [0.1, 0.15) is 6.42 Å². The zero-order valence-corrected chi connectivity index (χ0v) is 12.2. The molecule has 3 heterocycles. The maximum atomic E-state index is 5.35. The van der Waals surface area contributed by atoms with Gasteiger partial charge in [-0.3, -0.25) is 4.90 Å². The van der Waals surface area contributed by atoms with Crippen molar-refractivity contribution < 1.29 is 4.74 Å². The quantitative estimate of drug-likeness (QED) is 0.669. The first kappa shape index (κ1) is 14.0. The number of nitrogens with zero attached hydrogens (tertiary/aromatic N) is 4.